The highest BCUT2D eigenvalue weighted by Gasteiger charge is 2.38. The Kier molecular flexibility index (Phi) is 92.1. The molecule has 0 saturated carbocycles. The number of carbonyl (C=O) groups excluding carboxylic acids is 20. The average Bonchev–Trinajstić information content (AvgIpc) is 0.874. The Labute approximate surface area is 758 Å². The summed E-state index contributed by atoms with van der Waals surface area (Å²) in [6.07, 6.45) is 5.16. The highest BCUT2D eigenvalue weighted by Crippen LogP contribution is 2.07. The van der Waals surface area contributed by atoms with E-state index in [0.29, 0.717) is 43.1 Å². The molecule has 46 nitrogen and oxygen atoms in total. The summed E-state index contributed by atoms with van der Waals surface area (Å²) in [6, 6.07) is -0.824. The molecule has 0 atom stereocenters. The Morgan fingerprint density at radius 1 is 0.254 bits per heavy atom. The van der Waals surface area contributed by atoms with E-state index in [0.717, 1.165) is 61.4 Å². The van der Waals surface area contributed by atoms with Gasteiger partial charge in [0, 0.05) is 58.0 Å². The van der Waals surface area contributed by atoms with E-state index < -0.39 is 132 Å². The summed E-state index contributed by atoms with van der Waals surface area (Å²) in [5, 5.41) is 19.3. The van der Waals surface area contributed by atoms with Crippen LogP contribution in [0.5, 0.6) is 0 Å². The van der Waals surface area contributed by atoms with E-state index in [9.17, 15) is 95.9 Å². The number of ether oxygens (including phenoxy) is 16. The molecule has 0 fully saturated rings. The number of carbonyl (C=O) groups is 20. The van der Waals surface area contributed by atoms with Crippen LogP contribution in [-0.2, 0) is 143 Å². The van der Waals surface area contributed by atoms with Crippen molar-refractivity contribution in [3.05, 3.63) is 99.2 Å². The zero-order valence-corrected chi connectivity index (χ0v) is 77.5. The lowest BCUT2D eigenvalue weighted by atomic mass is 10.1. The van der Waals surface area contributed by atoms with Crippen molar-refractivity contribution in [3.8, 4) is 0 Å². The summed E-state index contributed by atoms with van der Waals surface area (Å²) in [6.45, 7) is 56.8. The third-order valence-electron chi connectivity index (χ3n) is 12.7. The van der Waals surface area contributed by atoms with Crippen LogP contribution in [0.1, 0.15) is 136 Å². The van der Waals surface area contributed by atoms with Gasteiger partial charge in [0.25, 0.3) is 0 Å². The first-order valence-corrected chi connectivity index (χ1v) is 40.4. The molecule has 0 saturated heterocycles. The maximum atomic E-state index is 11.9. The van der Waals surface area contributed by atoms with Gasteiger partial charge < -0.3 is 118 Å². The fraction of sp³-hybridized carbons (Fsp3) is 0.548. The third kappa shape index (κ3) is 88.7. The number of nitrogens with one attached hydrogen (secondary N) is 8. The first kappa shape index (κ1) is 131. The van der Waals surface area contributed by atoms with Gasteiger partial charge in [-0.15, -0.1) is 0 Å². The van der Waals surface area contributed by atoms with E-state index in [1.165, 1.54) is 6.92 Å². The molecule has 0 aliphatic rings. The van der Waals surface area contributed by atoms with Gasteiger partial charge in [-0.25, -0.2) is 77.1 Å². The summed E-state index contributed by atoms with van der Waals surface area (Å²) in [7, 11) is 0. The molecule has 46 heteroatoms. The van der Waals surface area contributed by atoms with Crippen molar-refractivity contribution in [2.75, 3.05) is 158 Å². The fourth-order valence-electron chi connectivity index (χ4n) is 6.35. The van der Waals surface area contributed by atoms with Crippen LogP contribution in [0.15, 0.2) is 109 Å². The van der Waals surface area contributed by atoms with Crippen molar-refractivity contribution in [1.29, 1.82) is 0 Å². The van der Waals surface area contributed by atoms with Crippen LogP contribution in [0.2, 0.25) is 0 Å². The second kappa shape index (κ2) is 91.1. The summed E-state index contributed by atoms with van der Waals surface area (Å²) >= 11 is 0. The van der Waals surface area contributed by atoms with Gasteiger partial charge in [0.2, 0.25) is 23.7 Å². The number of nitrogens with zero attached hydrogens (tertiary/aromatic N) is 2. The van der Waals surface area contributed by atoms with Crippen LogP contribution in [0.25, 0.3) is 0 Å². The maximum absolute atomic E-state index is 11.9. The minimum Gasteiger partial charge on any atom is -0.465 e. The maximum Gasteiger partial charge on any atom is 0.407 e. The minimum absolute atomic E-state index is 0.0260. The first-order chi connectivity index (χ1) is 61.4. The van der Waals surface area contributed by atoms with Crippen LogP contribution in [0.3, 0.4) is 0 Å². The van der Waals surface area contributed by atoms with E-state index in [2.05, 4.69) is 153 Å². The number of alkyl carbamates (subject to hydrolysis) is 4. The lowest BCUT2D eigenvalue weighted by Gasteiger charge is -2.14. The van der Waals surface area contributed by atoms with E-state index in [-0.39, 0.29) is 137 Å². The number of aliphatic imine (C=N–C) groups is 2. The number of urea groups is 2. The van der Waals surface area contributed by atoms with Crippen LogP contribution in [0.4, 0.5) is 28.8 Å². The van der Waals surface area contributed by atoms with Gasteiger partial charge >= 0.3 is 108 Å². The van der Waals surface area contributed by atoms with Crippen molar-refractivity contribution < 1.29 is 172 Å². The number of hydrogen-bond acceptors (Lipinski definition) is 36. The monoisotopic (exact) mass is 1860 g/mol. The predicted molar refractivity (Wildman–Crippen MR) is 470 cm³/mol. The Bertz CT molecular complexity index is 3610. The van der Waals surface area contributed by atoms with Crippen molar-refractivity contribution in [2.24, 2.45) is 21.8 Å². The third-order valence-corrected chi connectivity index (χ3v) is 12.7. The van der Waals surface area contributed by atoms with Gasteiger partial charge in [-0.1, -0.05) is 80.3 Å². The minimum atomic E-state index is -1.70. The molecule has 0 rings (SSSR count). The predicted octanol–water partition coefficient (Wildman–Crippen LogP) is 5.93. The number of rotatable bonds is 50. The van der Waals surface area contributed by atoms with Crippen LogP contribution in [0, 0.1) is 11.8 Å². The van der Waals surface area contributed by atoms with Gasteiger partial charge in [-0.2, -0.15) is 0 Å². The second-order valence-electron chi connectivity index (χ2n) is 23.9. The summed E-state index contributed by atoms with van der Waals surface area (Å²) in [5.41, 5.74) is 2.75. The Balaban J connectivity index is -0.000000220. The van der Waals surface area contributed by atoms with E-state index in [1.807, 2.05) is 27.7 Å². The Morgan fingerprint density at radius 3 is 0.631 bits per heavy atom. The molecule has 0 radical (unpaired) electrons. The highest BCUT2D eigenvalue weighted by atomic mass is 16.6. The van der Waals surface area contributed by atoms with Gasteiger partial charge in [-0.05, 0) is 109 Å². The molecule has 0 aliphatic heterocycles. The van der Waals surface area contributed by atoms with E-state index >= 15 is 0 Å². The molecule has 0 bridgehead atoms. The van der Waals surface area contributed by atoms with Crippen molar-refractivity contribution in [2.45, 2.75) is 136 Å². The van der Waals surface area contributed by atoms with Gasteiger partial charge in [0.1, 0.15) is 52.9 Å². The average molecular weight is 1860 g/mol. The molecular weight excluding hydrogens is 1720 g/mol. The number of esters is 12. The Hall–Kier alpha value is -14.1. The van der Waals surface area contributed by atoms with Crippen LogP contribution in [-0.4, -0.2) is 289 Å². The number of hydrogen-bond donors (Lipinski definition) is 8. The topological polar surface area (TPSA) is 610 Å². The first-order valence-electron chi connectivity index (χ1n) is 40.4. The molecule has 0 aromatic carbocycles. The zero-order valence-electron chi connectivity index (χ0n) is 77.5. The number of amides is 10. The van der Waals surface area contributed by atoms with Gasteiger partial charge in [0.15, 0.2) is 0 Å². The molecule has 0 aliphatic carbocycles. The molecule has 0 aromatic heterocycles. The molecule has 0 heterocycles. The van der Waals surface area contributed by atoms with E-state index in [4.69, 9.17) is 28.4 Å². The Morgan fingerprint density at radius 2 is 0.446 bits per heavy atom. The quantitative estimate of drug-likeness (QED) is 0.00873. The smallest absolute Gasteiger partial charge is 0.407 e. The lowest BCUT2D eigenvalue weighted by Crippen LogP contribution is -2.43. The van der Waals surface area contributed by atoms with Gasteiger partial charge in [-0.3, -0.25) is 28.8 Å². The van der Waals surface area contributed by atoms with E-state index in [1.54, 1.807) is 76.2 Å². The molecule has 0 unspecified atom stereocenters. The second-order valence-corrected chi connectivity index (χ2v) is 23.9. The van der Waals surface area contributed by atoms with Crippen molar-refractivity contribution in [3.63, 3.8) is 0 Å². The molecule has 130 heavy (non-hydrogen) atoms. The molecule has 0 spiro atoms. The standard InChI is InChI=1S/C14H21NO7.C13H19NO7.C11H18N2O3.C10H16N2O3.C10H17NO4.2C9H15NO4.C8H13NO4/c1-5-20-13(18)10(14(19)21-6-2)11(16)15-7-8-22-12(17)9(3)4;1-4-9(15)21-8-7-14-11(16)10(12(17)19-5-2)13(18)20-6-3;1-5-9(4)13-11(15)12-6-7-16-10(14)8(2)3;1-4-8(3)12-10(14)11-6-7-15-9(13)5-2;1-4-6-15-10(13)11-5-7-14-9(12)8(2)3;1-4-13-9(12)10-5-6-14-8(11)7(2)3;1-3-6-14-9(12)10-5-7-13-8(11)4-2;1-3-7(10)13-6-5-9-8(11)12-4-2/h10H,3,5-8H2,1-2,4H3,(H,15,16);4,10H,1,5-8H2,2-3H3,(H,14,16);2,5-7H2,1,3-4H3,(H,12,15);5H,2,4,6-7H2,1,3H3,(H,11,14);2,4-7H2,1,3H3,(H,11,13);2,4-6H2,1,3H3,(H,10,12);4H,2-3,5-7H2,1H3,(H,10,12);3H,1,4-6H2,2H3,(H,9,11). The van der Waals surface area contributed by atoms with Crippen LogP contribution < -0.4 is 42.5 Å². The normalized spacial score (nSPS) is 9.65. The molecular formula is C84H134N10O36. The van der Waals surface area contributed by atoms with Crippen LogP contribution >= 0.6 is 0 Å². The summed E-state index contributed by atoms with van der Waals surface area (Å²) < 4.78 is 74.8. The highest BCUT2D eigenvalue weighted by molar-refractivity contribution is 6.15. The summed E-state index contributed by atoms with van der Waals surface area (Å²) in [5.74, 6) is -13.2. The molecule has 0 aromatic rings. The largest absolute Gasteiger partial charge is 0.465 e. The molecule has 736 valence electrons. The zero-order chi connectivity index (χ0) is 101. The van der Waals surface area contributed by atoms with Crippen molar-refractivity contribution >= 4 is 131 Å². The lowest BCUT2D eigenvalue weighted by molar-refractivity contribution is -0.167. The van der Waals surface area contributed by atoms with Gasteiger partial charge in [0.05, 0.1) is 105 Å². The molecule has 8 N–H and O–H groups in total. The SMILES string of the molecule is C=C(C)C(=O)OCCNC(=O)C(C(=O)OCC)C(=O)OCC.C=C(C)C(=O)OCCNC(=O)N=C(C)CC.C=C(C)C(=O)OCCNC(=O)OCC.C=C(C)C(=O)OCCNC(=O)OCCC.C=CC(=O)OCCNC(=O)C(C(=O)OCC)C(=O)OCC.C=CC(=O)OCCNC(=O)N=C(C)CC.C=CC(=O)OCCNC(=O)OCC.C=CC(=O)OCCNC(=O)OCCC. The summed E-state index contributed by atoms with van der Waals surface area (Å²) in [4.78, 5) is 229. The molecule has 10 amide bonds. The fourth-order valence-corrected chi connectivity index (χ4v) is 6.35. The van der Waals surface area contributed by atoms with Crippen molar-refractivity contribution in [1.82, 2.24) is 42.5 Å².